The molecule has 0 aromatic rings. The molecule has 0 rings (SSSR count). The zero-order valence-electron chi connectivity index (χ0n) is 4.65. The lowest BCUT2D eigenvalue weighted by Crippen LogP contribution is -2.25. The summed E-state index contributed by atoms with van der Waals surface area (Å²) in [5.41, 5.74) is 0. The van der Waals surface area contributed by atoms with Gasteiger partial charge in [0, 0.05) is 19.6 Å². The molecule has 0 aromatic heterocycles. The van der Waals surface area contributed by atoms with Crippen LogP contribution in [0.15, 0.2) is 0 Å². The summed E-state index contributed by atoms with van der Waals surface area (Å²) in [7, 11) is 2.33. The summed E-state index contributed by atoms with van der Waals surface area (Å²) >= 11 is 0. The topological polar surface area (TPSA) is 12.8 Å². The first-order valence-electron chi connectivity index (χ1n) is 2.04. The van der Waals surface area contributed by atoms with Gasteiger partial charge in [0.15, 0.2) is 0 Å². The first-order valence-corrected chi connectivity index (χ1v) is 5.49. The van der Waals surface area contributed by atoms with Crippen LogP contribution < -0.4 is 0 Å². The number of rotatable bonds is 1. The van der Waals surface area contributed by atoms with Crippen LogP contribution in [0.3, 0.4) is 0 Å². The molecule has 0 saturated carbocycles. The van der Waals surface area contributed by atoms with Crippen molar-refractivity contribution in [1.82, 2.24) is 0 Å². The van der Waals surface area contributed by atoms with Crippen molar-refractivity contribution in [3.63, 3.8) is 0 Å². The third-order valence-electron chi connectivity index (χ3n) is 0.474. The highest BCUT2D eigenvalue weighted by Crippen LogP contribution is 1.95. The van der Waals surface area contributed by atoms with Crippen molar-refractivity contribution in [3.05, 3.63) is 7.11 Å². The van der Waals surface area contributed by atoms with Crippen LogP contribution in [0.2, 0.25) is 19.6 Å². The average molecular weight is 104 g/mol. The van der Waals surface area contributed by atoms with Gasteiger partial charge in [-0.1, -0.05) is 7.11 Å². The Balaban J connectivity index is 3.17. The van der Waals surface area contributed by atoms with E-state index in [0.29, 0.717) is 0 Å². The molecule has 0 heterocycles. The van der Waals surface area contributed by atoms with Gasteiger partial charge in [-0.3, -0.25) is 0 Å². The zero-order chi connectivity index (χ0) is 5.21. The maximum Gasteiger partial charge on any atom is 0.348 e. The molecule has 1 N–H and O–H groups in total. The molecular formula is C4H12OSi. The Morgan fingerprint density at radius 3 is 1.50 bits per heavy atom. The maximum atomic E-state index is 3.91. The predicted molar refractivity (Wildman–Crippen MR) is 30.9 cm³/mol. The van der Waals surface area contributed by atoms with E-state index in [0.717, 1.165) is 0 Å². The van der Waals surface area contributed by atoms with Crippen LogP contribution in [-0.2, 0) is 0 Å². The highest BCUT2D eigenvalue weighted by atomic mass is 28.4. The van der Waals surface area contributed by atoms with Crippen LogP contribution in [0.25, 0.3) is 0 Å². The van der Waals surface area contributed by atoms with E-state index >= 15 is 0 Å². The summed E-state index contributed by atoms with van der Waals surface area (Å²) in [6.07, 6.45) is 0. The molecule has 0 amide bonds. The average Bonchev–Trinajstić information content (AvgIpc) is 1.35. The highest BCUT2D eigenvalue weighted by molar-refractivity contribution is 6.69. The fourth-order valence-electron chi connectivity index (χ4n) is 0. The predicted octanol–water partition coefficient (Wildman–Crippen LogP) is 1.14. The Hall–Kier alpha value is 0.177. The largest absolute Gasteiger partial charge is 0.682 e. The first-order chi connectivity index (χ1) is 2.56. The van der Waals surface area contributed by atoms with Gasteiger partial charge < -0.3 is 4.43 Å². The smallest absolute Gasteiger partial charge is 0.348 e. The summed E-state index contributed by atoms with van der Waals surface area (Å²) in [6, 6.07) is 0. The van der Waals surface area contributed by atoms with Crippen molar-refractivity contribution in [3.8, 4) is 0 Å². The molecule has 0 aliphatic rings. The van der Waals surface area contributed by atoms with Gasteiger partial charge >= 0.3 is 8.32 Å². The van der Waals surface area contributed by atoms with Crippen LogP contribution >= 0.6 is 0 Å². The van der Waals surface area contributed by atoms with Gasteiger partial charge in [-0.25, -0.2) is 0 Å². The van der Waals surface area contributed by atoms with E-state index in [2.05, 4.69) is 31.2 Å². The Morgan fingerprint density at radius 2 is 1.50 bits per heavy atom. The van der Waals surface area contributed by atoms with Crippen LogP contribution in [-0.4, -0.2) is 12.7 Å². The lowest BCUT2D eigenvalue weighted by Gasteiger charge is -2.12. The standard InChI is InChI=1S/C4H12OSi/c1-5-6(2,3)4/h5H,1H2,2-4H3. The summed E-state index contributed by atoms with van der Waals surface area (Å²) in [5.74, 6) is 0. The molecule has 0 unspecified atom stereocenters. The van der Waals surface area contributed by atoms with E-state index in [4.69, 9.17) is 0 Å². The van der Waals surface area contributed by atoms with Crippen molar-refractivity contribution >= 4 is 8.32 Å². The zero-order valence-corrected chi connectivity index (χ0v) is 5.65. The van der Waals surface area contributed by atoms with Crippen LogP contribution in [0.5, 0.6) is 0 Å². The molecule has 0 aliphatic carbocycles. The van der Waals surface area contributed by atoms with Gasteiger partial charge in [-0.2, -0.15) is 0 Å². The summed E-state index contributed by atoms with van der Waals surface area (Å²) < 4.78 is 3.91. The summed E-state index contributed by atoms with van der Waals surface area (Å²) in [4.78, 5) is 0. The second kappa shape index (κ2) is 1.75. The van der Waals surface area contributed by atoms with E-state index in [1.165, 1.54) is 0 Å². The second-order valence-electron chi connectivity index (χ2n) is 2.33. The van der Waals surface area contributed by atoms with E-state index in [1.807, 2.05) is 0 Å². The van der Waals surface area contributed by atoms with Gasteiger partial charge in [0.2, 0.25) is 0 Å². The number of aliphatic hydroxyl groups is 1. The third-order valence-corrected chi connectivity index (χ3v) is 1.42. The third kappa shape index (κ3) is 4.18. The molecule has 6 heavy (non-hydrogen) atoms. The highest BCUT2D eigenvalue weighted by Gasteiger charge is 2.16. The molecule has 0 bridgehead atoms. The van der Waals surface area contributed by atoms with E-state index < -0.39 is 8.32 Å². The van der Waals surface area contributed by atoms with Crippen LogP contribution in [0, 0.1) is 7.11 Å². The molecule has 0 atom stereocenters. The van der Waals surface area contributed by atoms with Crippen molar-refractivity contribution in [2.75, 3.05) is 0 Å². The van der Waals surface area contributed by atoms with Crippen molar-refractivity contribution in [2.45, 2.75) is 19.6 Å². The molecule has 0 aliphatic heterocycles. The molecule has 0 aromatic carbocycles. The van der Waals surface area contributed by atoms with Crippen molar-refractivity contribution in [2.24, 2.45) is 0 Å². The quantitative estimate of drug-likeness (QED) is 0.269. The van der Waals surface area contributed by atoms with Gasteiger partial charge in [0.05, 0.1) is 0 Å². The minimum absolute atomic E-state index is 1.12. The Labute approximate surface area is 40.5 Å². The van der Waals surface area contributed by atoms with Crippen molar-refractivity contribution < 1.29 is 4.43 Å². The van der Waals surface area contributed by atoms with Gasteiger partial charge in [-0.05, 0) is 0 Å². The Bertz CT molecular complexity index is 37.3. The van der Waals surface area contributed by atoms with E-state index in [-0.39, 0.29) is 0 Å². The molecule has 0 saturated heterocycles. The second-order valence-corrected chi connectivity index (χ2v) is 6.99. The fourth-order valence-corrected chi connectivity index (χ4v) is 0. The van der Waals surface area contributed by atoms with Gasteiger partial charge in [-0.15, -0.1) is 0 Å². The van der Waals surface area contributed by atoms with E-state index in [1.54, 1.807) is 0 Å². The normalized spacial score (nSPS) is 12.0. The number of hydrogen-bond donors (Lipinski definition) is 0. The SMILES string of the molecule is [CH2-][OH+][Si](C)(C)C. The molecule has 0 spiro atoms. The first kappa shape index (κ1) is 6.18. The molecule has 0 fully saturated rings. The summed E-state index contributed by atoms with van der Waals surface area (Å²) in [5, 5.41) is 0. The van der Waals surface area contributed by atoms with Gasteiger partial charge in [0.1, 0.15) is 0 Å². The Morgan fingerprint density at radius 1 is 1.33 bits per heavy atom. The molecule has 38 valence electrons. The van der Waals surface area contributed by atoms with E-state index in [9.17, 15) is 0 Å². The van der Waals surface area contributed by atoms with Crippen LogP contribution in [0.4, 0.5) is 0 Å². The lowest BCUT2D eigenvalue weighted by atomic mass is 11.8. The Kier molecular flexibility index (Phi) is 1.81. The molecule has 2 heteroatoms. The molecular weight excluding hydrogens is 92.1 g/mol. The minimum atomic E-state index is -1.12. The lowest BCUT2D eigenvalue weighted by molar-refractivity contribution is 0.255. The fraction of sp³-hybridized carbons (Fsp3) is 0.750. The molecule has 0 radical (unpaired) electrons. The molecule has 1 nitrogen and oxygen atoms in total. The maximum absolute atomic E-state index is 3.91. The van der Waals surface area contributed by atoms with Crippen LogP contribution in [0.1, 0.15) is 0 Å². The number of hydrogen-bond acceptors (Lipinski definition) is 0. The summed E-state index contributed by atoms with van der Waals surface area (Å²) in [6.45, 7) is 6.46. The minimum Gasteiger partial charge on any atom is -0.682 e. The van der Waals surface area contributed by atoms with Crippen molar-refractivity contribution in [1.29, 1.82) is 0 Å². The van der Waals surface area contributed by atoms with Gasteiger partial charge in [0.25, 0.3) is 0 Å². The monoisotopic (exact) mass is 104 g/mol.